The monoisotopic (exact) mass is 352 g/mol. The third kappa shape index (κ3) is 5.19. The lowest BCUT2D eigenvalue weighted by atomic mass is 9.91. The predicted molar refractivity (Wildman–Crippen MR) is 103 cm³/mol. The predicted octanol–water partition coefficient (Wildman–Crippen LogP) is 2.30. The Bertz CT molecular complexity index is 515. The average molecular weight is 353 g/mol. The summed E-state index contributed by atoms with van der Waals surface area (Å²) in [6.45, 7) is 13.4. The first-order valence-electron chi connectivity index (χ1n) is 8.76. The highest BCUT2D eigenvalue weighted by Crippen LogP contribution is 2.26. The van der Waals surface area contributed by atoms with Crippen LogP contribution in [0.2, 0.25) is 0 Å². The van der Waals surface area contributed by atoms with Crippen molar-refractivity contribution in [2.45, 2.75) is 45.2 Å². The van der Waals surface area contributed by atoms with Crippen LogP contribution in [0.15, 0.2) is 22.5 Å². The second-order valence-electron chi connectivity index (χ2n) is 7.18. The summed E-state index contributed by atoms with van der Waals surface area (Å²) in [6, 6.07) is 5.24. The molecular formula is C18H32N4OS. The summed E-state index contributed by atoms with van der Waals surface area (Å²) in [4.78, 5) is 8.25. The van der Waals surface area contributed by atoms with Gasteiger partial charge in [0.15, 0.2) is 5.96 Å². The lowest BCUT2D eigenvalue weighted by Gasteiger charge is -2.38. The van der Waals surface area contributed by atoms with Crippen LogP contribution in [0.25, 0.3) is 0 Å². The fourth-order valence-corrected chi connectivity index (χ4v) is 3.88. The first kappa shape index (κ1) is 19.2. The van der Waals surface area contributed by atoms with Crippen LogP contribution in [0.4, 0.5) is 0 Å². The molecule has 2 unspecified atom stereocenters. The zero-order valence-corrected chi connectivity index (χ0v) is 16.4. The Morgan fingerprint density at radius 3 is 2.92 bits per heavy atom. The SMILES string of the molecule is CN=C(NCC(C)N1CCOCC1C)NCC(C)(C)c1cccs1. The maximum Gasteiger partial charge on any atom is 0.191 e. The zero-order chi connectivity index (χ0) is 17.6. The first-order chi connectivity index (χ1) is 11.4. The van der Waals surface area contributed by atoms with E-state index < -0.39 is 0 Å². The molecule has 1 aliphatic rings. The molecule has 0 aromatic carbocycles. The van der Waals surface area contributed by atoms with Gasteiger partial charge in [-0.3, -0.25) is 9.89 Å². The summed E-state index contributed by atoms with van der Waals surface area (Å²) in [5, 5.41) is 9.07. The smallest absolute Gasteiger partial charge is 0.191 e. The molecule has 0 saturated carbocycles. The van der Waals surface area contributed by atoms with Gasteiger partial charge < -0.3 is 15.4 Å². The largest absolute Gasteiger partial charge is 0.379 e. The second-order valence-corrected chi connectivity index (χ2v) is 8.13. The van der Waals surface area contributed by atoms with E-state index in [1.165, 1.54) is 4.88 Å². The summed E-state index contributed by atoms with van der Waals surface area (Å²) in [5.74, 6) is 0.868. The van der Waals surface area contributed by atoms with Crippen molar-refractivity contribution < 1.29 is 4.74 Å². The van der Waals surface area contributed by atoms with Crippen LogP contribution in [0, 0.1) is 0 Å². The van der Waals surface area contributed by atoms with Gasteiger partial charge in [0.05, 0.1) is 13.2 Å². The molecular weight excluding hydrogens is 320 g/mol. The molecule has 1 fully saturated rings. The van der Waals surface area contributed by atoms with Crippen LogP contribution in [0.3, 0.4) is 0 Å². The fraction of sp³-hybridized carbons (Fsp3) is 0.722. The van der Waals surface area contributed by atoms with E-state index in [1.54, 1.807) is 0 Å². The molecule has 1 saturated heterocycles. The van der Waals surface area contributed by atoms with Crippen molar-refractivity contribution in [2.24, 2.45) is 4.99 Å². The molecule has 1 aromatic heterocycles. The molecule has 5 nitrogen and oxygen atoms in total. The normalized spacial score (nSPS) is 21.5. The molecule has 0 aliphatic carbocycles. The van der Waals surface area contributed by atoms with Crippen molar-refractivity contribution in [2.75, 3.05) is 39.9 Å². The van der Waals surface area contributed by atoms with E-state index in [9.17, 15) is 0 Å². The molecule has 6 heteroatoms. The number of morpholine rings is 1. The molecule has 2 N–H and O–H groups in total. The van der Waals surface area contributed by atoms with Gasteiger partial charge >= 0.3 is 0 Å². The third-order valence-electron chi connectivity index (χ3n) is 4.66. The van der Waals surface area contributed by atoms with E-state index in [-0.39, 0.29) is 5.41 Å². The molecule has 1 aromatic rings. The molecule has 2 rings (SSSR count). The molecule has 0 radical (unpaired) electrons. The minimum atomic E-state index is 0.0934. The first-order valence-corrected chi connectivity index (χ1v) is 9.64. The molecule has 2 heterocycles. The number of aliphatic imine (C=N–C) groups is 1. The number of guanidine groups is 1. The van der Waals surface area contributed by atoms with Crippen LogP contribution in [-0.2, 0) is 10.2 Å². The summed E-state index contributed by atoms with van der Waals surface area (Å²) in [5.41, 5.74) is 0.0934. The van der Waals surface area contributed by atoms with Gasteiger partial charge in [-0.2, -0.15) is 0 Å². The Labute approximate surface area is 150 Å². The lowest BCUT2D eigenvalue weighted by Crippen LogP contribution is -2.53. The van der Waals surface area contributed by atoms with Crippen molar-refractivity contribution in [3.63, 3.8) is 0 Å². The van der Waals surface area contributed by atoms with Gasteiger partial charge in [0.1, 0.15) is 0 Å². The van der Waals surface area contributed by atoms with Gasteiger partial charge in [-0.25, -0.2) is 0 Å². The van der Waals surface area contributed by atoms with Gasteiger partial charge in [-0.05, 0) is 25.3 Å². The van der Waals surface area contributed by atoms with Gasteiger partial charge in [0.25, 0.3) is 0 Å². The second kappa shape index (κ2) is 8.83. The van der Waals surface area contributed by atoms with Crippen LogP contribution in [0.5, 0.6) is 0 Å². The number of ether oxygens (including phenoxy) is 1. The molecule has 0 spiro atoms. The Morgan fingerprint density at radius 2 is 2.29 bits per heavy atom. The van der Waals surface area contributed by atoms with Crippen LogP contribution in [0.1, 0.15) is 32.6 Å². The van der Waals surface area contributed by atoms with E-state index in [4.69, 9.17) is 4.74 Å². The highest BCUT2D eigenvalue weighted by Gasteiger charge is 2.24. The summed E-state index contributed by atoms with van der Waals surface area (Å²) < 4.78 is 5.52. The van der Waals surface area contributed by atoms with Crippen molar-refractivity contribution in [1.29, 1.82) is 0 Å². The van der Waals surface area contributed by atoms with Crippen molar-refractivity contribution in [3.05, 3.63) is 22.4 Å². The highest BCUT2D eigenvalue weighted by atomic mass is 32.1. The van der Waals surface area contributed by atoms with Crippen molar-refractivity contribution >= 4 is 17.3 Å². The number of nitrogens with one attached hydrogen (secondary N) is 2. The number of hydrogen-bond donors (Lipinski definition) is 2. The van der Waals surface area contributed by atoms with Crippen molar-refractivity contribution in [3.8, 4) is 0 Å². The van der Waals surface area contributed by atoms with Crippen LogP contribution < -0.4 is 10.6 Å². The van der Waals surface area contributed by atoms with Gasteiger partial charge in [0, 0.05) is 49.1 Å². The quantitative estimate of drug-likeness (QED) is 0.609. The standard InChI is InChI=1S/C18H32N4OS/c1-14(22-8-9-23-12-15(22)2)11-20-17(19-5)21-13-18(3,4)16-7-6-10-24-16/h6-7,10,14-15H,8-9,11-13H2,1-5H3,(H2,19,20,21). The molecule has 0 bridgehead atoms. The van der Waals surface area contributed by atoms with Gasteiger partial charge in [-0.15, -0.1) is 11.3 Å². The number of thiophene rings is 1. The van der Waals surface area contributed by atoms with E-state index in [0.717, 1.165) is 38.8 Å². The van der Waals surface area contributed by atoms with Crippen LogP contribution in [-0.4, -0.2) is 62.8 Å². The summed E-state index contributed by atoms with van der Waals surface area (Å²) >= 11 is 1.81. The number of rotatable bonds is 6. The zero-order valence-electron chi connectivity index (χ0n) is 15.6. The van der Waals surface area contributed by atoms with Gasteiger partial charge in [-0.1, -0.05) is 19.9 Å². The average Bonchev–Trinajstić information content (AvgIpc) is 3.10. The summed E-state index contributed by atoms with van der Waals surface area (Å²) in [7, 11) is 1.83. The lowest BCUT2D eigenvalue weighted by molar-refractivity contribution is -0.0174. The van der Waals surface area contributed by atoms with E-state index in [2.05, 4.69) is 65.7 Å². The van der Waals surface area contributed by atoms with Gasteiger partial charge in [0.2, 0.25) is 0 Å². The van der Waals surface area contributed by atoms with E-state index in [1.807, 2.05) is 18.4 Å². The fourth-order valence-electron chi connectivity index (χ4n) is 3.03. The Hall–Kier alpha value is -1.11. The minimum Gasteiger partial charge on any atom is -0.379 e. The van der Waals surface area contributed by atoms with E-state index in [0.29, 0.717) is 12.1 Å². The molecule has 1 aliphatic heterocycles. The number of nitrogens with zero attached hydrogens (tertiary/aromatic N) is 2. The highest BCUT2D eigenvalue weighted by molar-refractivity contribution is 7.10. The molecule has 2 atom stereocenters. The van der Waals surface area contributed by atoms with Crippen LogP contribution >= 0.6 is 11.3 Å². The number of hydrogen-bond acceptors (Lipinski definition) is 4. The van der Waals surface area contributed by atoms with E-state index >= 15 is 0 Å². The topological polar surface area (TPSA) is 48.9 Å². The summed E-state index contributed by atoms with van der Waals surface area (Å²) in [6.07, 6.45) is 0. The Kier molecular flexibility index (Phi) is 7.07. The Morgan fingerprint density at radius 1 is 1.50 bits per heavy atom. The maximum atomic E-state index is 5.52. The maximum absolute atomic E-state index is 5.52. The molecule has 136 valence electrons. The minimum absolute atomic E-state index is 0.0934. The molecule has 24 heavy (non-hydrogen) atoms. The van der Waals surface area contributed by atoms with Crippen molar-refractivity contribution in [1.82, 2.24) is 15.5 Å². The third-order valence-corrected chi connectivity index (χ3v) is 5.90. The molecule has 0 amide bonds. The Balaban J connectivity index is 1.80.